The molecule has 2 heteroatoms. The lowest BCUT2D eigenvalue weighted by Crippen LogP contribution is -2.29. The Labute approximate surface area is 107 Å². The minimum absolute atomic E-state index is 0.733. The molecular weight excluding hydrogens is 262 g/mol. The molecule has 16 heavy (non-hydrogen) atoms. The van der Waals surface area contributed by atoms with Crippen LogP contribution in [0.2, 0.25) is 0 Å². The highest BCUT2D eigenvalue weighted by atomic mass is 79.9. The summed E-state index contributed by atoms with van der Waals surface area (Å²) < 4.78 is 0. The quantitative estimate of drug-likeness (QED) is 0.731. The van der Waals surface area contributed by atoms with E-state index in [9.17, 15) is 0 Å². The van der Waals surface area contributed by atoms with Crippen LogP contribution in [0.3, 0.4) is 0 Å². The summed E-state index contributed by atoms with van der Waals surface area (Å²) in [5.74, 6) is 0.733. The summed E-state index contributed by atoms with van der Waals surface area (Å²) in [5, 5.41) is 0.945. The number of alkyl halides is 1. The van der Waals surface area contributed by atoms with E-state index in [1.54, 1.807) is 0 Å². The Morgan fingerprint density at radius 3 is 2.31 bits per heavy atom. The molecule has 1 aliphatic carbocycles. The van der Waals surface area contributed by atoms with Crippen molar-refractivity contribution < 1.29 is 0 Å². The van der Waals surface area contributed by atoms with E-state index < -0.39 is 0 Å². The summed E-state index contributed by atoms with van der Waals surface area (Å²) in [6, 6.07) is 9.77. The molecule has 1 fully saturated rings. The molecule has 1 aliphatic rings. The molecule has 0 N–H and O–H groups in total. The summed E-state index contributed by atoms with van der Waals surface area (Å²) in [6.07, 6.45) is 2.74. The summed E-state index contributed by atoms with van der Waals surface area (Å²) in [6.45, 7) is 5.77. The van der Waals surface area contributed by atoms with Crippen molar-refractivity contribution in [1.82, 2.24) is 0 Å². The second-order valence-corrected chi connectivity index (χ2v) is 5.64. The highest BCUT2D eigenvalue weighted by Crippen LogP contribution is 2.32. The zero-order chi connectivity index (χ0) is 11.5. The van der Waals surface area contributed by atoms with Crippen LogP contribution in [0.25, 0.3) is 0 Å². The maximum absolute atomic E-state index is 3.49. The van der Waals surface area contributed by atoms with E-state index in [0.29, 0.717) is 0 Å². The number of hydrogen-bond donors (Lipinski definition) is 0. The Morgan fingerprint density at radius 2 is 1.88 bits per heavy atom. The van der Waals surface area contributed by atoms with Gasteiger partial charge in [0, 0.05) is 23.6 Å². The van der Waals surface area contributed by atoms with Gasteiger partial charge in [0.1, 0.15) is 0 Å². The number of benzene rings is 1. The first-order valence-electron chi connectivity index (χ1n) is 6.12. The largest absolute Gasteiger partial charge is 0.368 e. The molecule has 0 atom stereocenters. The van der Waals surface area contributed by atoms with Crippen LogP contribution in [0.1, 0.15) is 32.3 Å². The summed E-state index contributed by atoms with van der Waals surface area (Å²) in [5.41, 5.74) is 2.74. The highest BCUT2D eigenvalue weighted by molar-refractivity contribution is 9.08. The topological polar surface area (TPSA) is 3.24 Å². The number of halogens is 1. The smallest absolute Gasteiger partial charge is 0.0368 e. The second-order valence-electron chi connectivity index (χ2n) is 5.08. The second kappa shape index (κ2) is 5.22. The Bertz CT molecular complexity index is 327. The van der Waals surface area contributed by atoms with Gasteiger partial charge < -0.3 is 4.90 Å². The lowest BCUT2D eigenvalue weighted by molar-refractivity contribution is 0.607. The average molecular weight is 282 g/mol. The van der Waals surface area contributed by atoms with Crippen molar-refractivity contribution in [3.63, 3.8) is 0 Å². The molecule has 1 aromatic carbocycles. The fourth-order valence-corrected chi connectivity index (χ4v) is 2.40. The van der Waals surface area contributed by atoms with Gasteiger partial charge in [-0.1, -0.05) is 41.9 Å². The van der Waals surface area contributed by atoms with Crippen LogP contribution in [-0.4, -0.2) is 12.6 Å². The lowest BCUT2D eigenvalue weighted by atomic mass is 10.1. The number of rotatable bonds is 5. The van der Waals surface area contributed by atoms with Crippen LogP contribution in [0, 0.1) is 5.92 Å². The van der Waals surface area contributed by atoms with Gasteiger partial charge in [-0.3, -0.25) is 0 Å². The van der Waals surface area contributed by atoms with Gasteiger partial charge in [-0.05, 0) is 36.5 Å². The number of anilines is 1. The standard InChI is InChI=1S/C14H20BrN/c1-11(2)10-16(14-7-8-14)13-5-3-12(9-15)4-6-13/h3-6,11,14H,7-10H2,1-2H3. The Hall–Kier alpha value is -0.500. The first-order valence-corrected chi connectivity index (χ1v) is 7.24. The molecule has 0 saturated heterocycles. The van der Waals surface area contributed by atoms with Crippen LogP contribution >= 0.6 is 15.9 Å². The summed E-state index contributed by atoms with van der Waals surface area (Å²) in [7, 11) is 0. The first kappa shape index (κ1) is 12.0. The average Bonchev–Trinajstić information content (AvgIpc) is 3.10. The monoisotopic (exact) mass is 281 g/mol. The number of nitrogens with zero attached hydrogens (tertiary/aromatic N) is 1. The summed E-state index contributed by atoms with van der Waals surface area (Å²) >= 11 is 3.49. The van der Waals surface area contributed by atoms with Crippen LogP contribution in [0.5, 0.6) is 0 Å². The van der Waals surface area contributed by atoms with Gasteiger partial charge in [-0.15, -0.1) is 0 Å². The van der Waals surface area contributed by atoms with E-state index in [2.05, 4.69) is 58.9 Å². The van der Waals surface area contributed by atoms with Crippen molar-refractivity contribution in [1.29, 1.82) is 0 Å². The molecule has 0 unspecified atom stereocenters. The van der Waals surface area contributed by atoms with E-state index in [-0.39, 0.29) is 0 Å². The van der Waals surface area contributed by atoms with Gasteiger partial charge in [-0.2, -0.15) is 0 Å². The molecule has 1 nitrogen and oxygen atoms in total. The molecule has 0 bridgehead atoms. The molecule has 0 aliphatic heterocycles. The summed E-state index contributed by atoms with van der Waals surface area (Å²) in [4.78, 5) is 2.57. The molecule has 0 aromatic heterocycles. The zero-order valence-electron chi connectivity index (χ0n) is 10.1. The zero-order valence-corrected chi connectivity index (χ0v) is 11.7. The van der Waals surface area contributed by atoms with E-state index in [1.807, 2.05) is 0 Å². The molecular formula is C14H20BrN. The predicted octanol–water partition coefficient (Wildman–Crippen LogP) is 4.21. The van der Waals surface area contributed by atoms with Gasteiger partial charge in [0.2, 0.25) is 0 Å². The normalized spacial score (nSPS) is 15.5. The van der Waals surface area contributed by atoms with Gasteiger partial charge >= 0.3 is 0 Å². The van der Waals surface area contributed by atoms with Crippen LogP contribution in [0.15, 0.2) is 24.3 Å². The van der Waals surface area contributed by atoms with Crippen LogP contribution in [-0.2, 0) is 5.33 Å². The van der Waals surface area contributed by atoms with Gasteiger partial charge in [-0.25, -0.2) is 0 Å². The SMILES string of the molecule is CC(C)CN(c1ccc(CBr)cc1)C1CC1. The van der Waals surface area contributed by atoms with E-state index >= 15 is 0 Å². The third kappa shape index (κ3) is 3.00. The third-order valence-corrected chi connectivity index (χ3v) is 3.62. The van der Waals surface area contributed by atoms with Crippen molar-refractivity contribution in [3.05, 3.63) is 29.8 Å². The minimum Gasteiger partial charge on any atom is -0.368 e. The van der Waals surface area contributed by atoms with Crippen molar-refractivity contribution in [2.24, 2.45) is 5.92 Å². The number of hydrogen-bond acceptors (Lipinski definition) is 1. The third-order valence-electron chi connectivity index (χ3n) is 2.97. The molecule has 0 spiro atoms. The van der Waals surface area contributed by atoms with E-state index in [1.165, 1.54) is 30.6 Å². The molecule has 88 valence electrons. The van der Waals surface area contributed by atoms with Crippen molar-refractivity contribution in [3.8, 4) is 0 Å². The van der Waals surface area contributed by atoms with E-state index in [4.69, 9.17) is 0 Å². The molecule has 0 radical (unpaired) electrons. The maximum atomic E-state index is 3.49. The van der Waals surface area contributed by atoms with Gasteiger partial charge in [0.25, 0.3) is 0 Å². The highest BCUT2D eigenvalue weighted by Gasteiger charge is 2.29. The molecule has 1 aromatic rings. The lowest BCUT2D eigenvalue weighted by Gasteiger charge is -2.26. The molecule has 0 amide bonds. The molecule has 0 heterocycles. The van der Waals surface area contributed by atoms with Crippen LogP contribution < -0.4 is 4.90 Å². The molecule has 1 saturated carbocycles. The van der Waals surface area contributed by atoms with E-state index in [0.717, 1.165) is 17.3 Å². The van der Waals surface area contributed by atoms with Crippen molar-refractivity contribution >= 4 is 21.6 Å². The van der Waals surface area contributed by atoms with Crippen molar-refractivity contribution in [2.75, 3.05) is 11.4 Å². The fourth-order valence-electron chi connectivity index (χ4n) is 2.02. The Balaban J connectivity index is 2.11. The van der Waals surface area contributed by atoms with Gasteiger partial charge in [0.15, 0.2) is 0 Å². The van der Waals surface area contributed by atoms with Gasteiger partial charge in [0.05, 0.1) is 0 Å². The fraction of sp³-hybridized carbons (Fsp3) is 0.571. The Kier molecular flexibility index (Phi) is 3.91. The van der Waals surface area contributed by atoms with Crippen LogP contribution in [0.4, 0.5) is 5.69 Å². The first-order chi connectivity index (χ1) is 7.70. The predicted molar refractivity (Wildman–Crippen MR) is 74.3 cm³/mol. The van der Waals surface area contributed by atoms with Crippen molar-refractivity contribution in [2.45, 2.75) is 38.1 Å². The molecule has 2 rings (SSSR count). The maximum Gasteiger partial charge on any atom is 0.0368 e. The minimum atomic E-state index is 0.733. The Morgan fingerprint density at radius 1 is 1.25 bits per heavy atom.